The Hall–Kier alpha value is -2.69. The van der Waals surface area contributed by atoms with E-state index in [0.29, 0.717) is 18.1 Å². The zero-order valence-electron chi connectivity index (χ0n) is 11.2. The predicted octanol–water partition coefficient (Wildman–Crippen LogP) is 2.28. The lowest BCUT2D eigenvalue weighted by molar-refractivity contribution is 0.573. The highest BCUT2D eigenvalue weighted by atomic mass is 15.6. The molecule has 3 aromatic rings. The molecule has 0 aliphatic carbocycles. The van der Waals surface area contributed by atoms with Crippen molar-refractivity contribution in [3.8, 4) is 11.4 Å². The lowest BCUT2D eigenvalue weighted by Gasteiger charge is -2.00. The Morgan fingerprint density at radius 1 is 1.10 bits per heavy atom. The summed E-state index contributed by atoms with van der Waals surface area (Å²) < 4.78 is 0. The van der Waals surface area contributed by atoms with Gasteiger partial charge >= 0.3 is 0 Å². The second-order valence-electron chi connectivity index (χ2n) is 4.75. The van der Waals surface area contributed by atoms with Crippen LogP contribution >= 0.6 is 0 Å². The summed E-state index contributed by atoms with van der Waals surface area (Å²) in [5.74, 6) is 0.587. The summed E-state index contributed by atoms with van der Waals surface area (Å²) in [6, 6.07) is 15.8. The quantitative estimate of drug-likeness (QED) is 0.738. The van der Waals surface area contributed by atoms with Gasteiger partial charge in [0.1, 0.15) is 0 Å². The number of nitrogens with two attached hydrogens (primary N) is 1. The third-order valence-electron chi connectivity index (χ3n) is 3.04. The van der Waals surface area contributed by atoms with E-state index >= 15 is 0 Å². The maximum absolute atomic E-state index is 5.76. The van der Waals surface area contributed by atoms with Crippen molar-refractivity contribution >= 4 is 5.69 Å². The van der Waals surface area contributed by atoms with E-state index in [1.165, 1.54) is 5.56 Å². The fraction of sp³-hybridized carbons (Fsp3) is 0.133. The average Bonchev–Trinajstić information content (AvgIpc) is 2.90. The summed E-state index contributed by atoms with van der Waals surface area (Å²) in [4.78, 5) is 1.59. The third kappa shape index (κ3) is 2.66. The third-order valence-corrected chi connectivity index (χ3v) is 3.04. The van der Waals surface area contributed by atoms with Crippen molar-refractivity contribution in [2.75, 3.05) is 5.73 Å². The van der Waals surface area contributed by atoms with Crippen molar-refractivity contribution in [3.05, 3.63) is 59.7 Å². The molecule has 2 aromatic carbocycles. The summed E-state index contributed by atoms with van der Waals surface area (Å²) in [6.45, 7) is 2.67. The Morgan fingerprint density at radius 2 is 1.90 bits per heavy atom. The number of nitrogens with zero attached hydrogens (tertiary/aromatic N) is 4. The van der Waals surface area contributed by atoms with E-state index in [-0.39, 0.29) is 0 Å². The van der Waals surface area contributed by atoms with Crippen LogP contribution in [-0.4, -0.2) is 20.2 Å². The molecule has 0 amide bonds. The molecule has 5 heteroatoms. The molecule has 20 heavy (non-hydrogen) atoms. The Bertz CT molecular complexity index is 715. The largest absolute Gasteiger partial charge is 0.399 e. The Kier molecular flexibility index (Phi) is 3.16. The molecule has 5 nitrogen and oxygen atoms in total. The zero-order chi connectivity index (χ0) is 13.9. The maximum Gasteiger partial charge on any atom is 0.205 e. The number of hydrogen-bond acceptors (Lipinski definition) is 4. The van der Waals surface area contributed by atoms with Gasteiger partial charge in [0.25, 0.3) is 0 Å². The molecule has 0 aliphatic rings. The van der Waals surface area contributed by atoms with Gasteiger partial charge in [0, 0.05) is 11.3 Å². The Labute approximate surface area is 117 Å². The van der Waals surface area contributed by atoms with Crippen LogP contribution in [0.25, 0.3) is 11.4 Å². The summed E-state index contributed by atoms with van der Waals surface area (Å²) in [5, 5.41) is 12.5. The Morgan fingerprint density at radius 3 is 2.65 bits per heavy atom. The molecular formula is C15H15N5. The fourth-order valence-electron chi connectivity index (χ4n) is 1.96. The van der Waals surface area contributed by atoms with Gasteiger partial charge in [-0.05, 0) is 29.8 Å². The average molecular weight is 265 g/mol. The first-order valence-electron chi connectivity index (χ1n) is 6.40. The van der Waals surface area contributed by atoms with Crippen LogP contribution < -0.4 is 5.73 Å². The van der Waals surface area contributed by atoms with E-state index < -0.39 is 0 Å². The first-order valence-corrected chi connectivity index (χ1v) is 6.40. The summed E-state index contributed by atoms with van der Waals surface area (Å²) in [6.07, 6.45) is 0. The van der Waals surface area contributed by atoms with Gasteiger partial charge < -0.3 is 5.73 Å². The minimum atomic E-state index is 0.587. The van der Waals surface area contributed by atoms with Crippen LogP contribution in [-0.2, 0) is 6.54 Å². The van der Waals surface area contributed by atoms with Crippen LogP contribution in [0.5, 0.6) is 0 Å². The SMILES string of the molecule is Cc1ccc(Cn2nnc(-c3cccc(N)c3)n2)cc1. The molecule has 0 saturated carbocycles. The molecule has 100 valence electrons. The zero-order valence-corrected chi connectivity index (χ0v) is 11.2. The number of nitrogen functional groups attached to an aromatic ring is 1. The number of benzene rings is 2. The molecular weight excluding hydrogens is 250 g/mol. The number of aryl methyl sites for hydroxylation is 1. The predicted molar refractivity (Wildman–Crippen MR) is 77.9 cm³/mol. The first kappa shape index (κ1) is 12.3. The number of aromatic nitrogens is 4. The molecule has 0 unspecified atom stereocenters. The van der Waals surface area contributed by atoms with Gasteiger partial charge in [-0.15, -0.1) is 10.2 Å². The molecule has 0 fully saturated rings. The normalized spacial score (nSPS) is 10.7. The van der Waals surface area contributed by atoms with Crippen LogP contribution in [0.15, 0.2) is 48.5 Å². The second kappa shape index (κ2) is 5.13. The van der Waals surface area contributed by atoms with Crippen molar-refractivity contribution < 1.29 is 0 Å². The van der Waals surface area contributed by atoms with Gasteiger partial charge in [0.15, 0.2) is 0 Å². The van der Waals surface area contributed by atoms with Crippen LogP contribution in [0.2, 0.25) is 0 Å². The summed E-state index contributed by atoms with van der Waals surface area (Å²) in [7, 11) is 0. The van der Waals surface area contributed by atoms with Crippen LogP contribution in [0, 0.1) is 6.92 Å². The number of tetrazole rings is 1. The van der Waals surface area contributed by atoms with Gasteiger partial charge in [-0.3, -0.25) is 0 Å². The molecule has 0 atom stereocenters. The molecule has 0 spiro atoms. The highest BCUT2D eigenvalue weighted by molar-refractivity contribution is 5.60. The van der Waals surface area contributed by atoms with Crippen molar-refractivity contribution in [2.24, 2.45) is 0 Å². The van der Waals surface area contributed by atoms with Crippen LogP contribution in [0.3, 0.4) is 0 Å². The number of anilines is 1. The highest BCUT2D eigenvalue weighted by Crippen LogP contribution is 2.16. The van der Waals surface area contributed by atoms with E-state index in [9.17, 15) is 0 Å². The van der Waals surface area contributed by atoms with Gasteiger partial charge in [-0.1, -0.05) is 42.0 Å². The smallest absolute Gasteiger partial charge is 0.205 e. The molecule has 3 rings (SSSR count). The molecule has 1 aromatic heterocycles. The topological polar surface area (TPSA) is 69.6 Å². The van der Waals surface area contributed by atoms with Crippen molar-refractivity contribution in [1.82, 2.24) is 20.2 Å². The Balaban J connectivity index is 1.82. The van der Waals surface area contributed by atoms with E-state index in [0.717, 1.165) is 11.1 Å². The molecule has 2 N–H and O–H groups in total. The highest BCUT2D eigenvalue weighted by Gasteiger charge is 2.06. The van der Waals surface area contributed by atoms with Gasteiger partial charge in [-0.2, -0.15) is 4.80 Å². The maximum atomic E-state index is 5.76. The number of hydrogen-bond donors (Lipinski definition) is 1. The lowest BCUT2D eigenvalue weighted by atomic mass is 10.1. The van der Waals surface area contributed by atoms with Gasteiger partial charge in [0.2, 0.25) is 5.82 Å². The molecule has 1 heterocycles. The molecule has 0 radical (unpaired) electrons. The standard InChI is InChI=1S/C15H15N5/c1-11-5-7-12(8-6-11)10-20-18-15(17-19-20)13-3-2-4-14(16)9-13/h2-9H,10,16H2,1H3. The molecule has 0 bridgehead atoms. The van der Waals surface area contributed by atoms with Crippen LogP contribution in [0.1, 0.15) is 11.1 Å². The van der Waals surface area contributed by atoms with Crippen LogP contribution in [0.4, 0.5) is 5.69 Å². The first-order chi connectivity index (χ1) is 9.70. The van der Waals surface area contributed by atoms with Crippen molar-refractivity contribution in [1.29, 1.82) is 0 Å². The summed E-state index contributed by atoms with van der Waals surface area (Å²) >= 11 is 0. The van der Waals surface area contributed by atoms with E-state index in [1.54, 1.807) is 4.80 Å². The number of rotatable bonds is 3. The summed E-state index contributed by atoms with van der Waals surface area (Å²) in [5.41, 5.74) is 9.71. The second-order valence-corrected chi connectivity index (χ2v) is 4.75. The minimum absolute atomic E-state index is 0.587. The van der Waals surface area contributed by atoms with Crippen molar-refractivity contribution in [3.63, 3.8) is 0 Å². The lowest BCUT2D eigenvalue weighted by Crippen LogP contribution is -2.03. The van der Waals surface area contributed by atoms with Crippen molar-refractivity contribution in [2.45, 2.75) is 13.5 Å². The monoisotopic (exact) mass is 265 g/mol. The minimum Gasteiger partial charge on any atom is -0.399 e. The van der Waals surface area contributed by atoms with Gasteiger partial charge in [-0.25, -0.2) is 0 Å². The van der Waals surface area contributed by atoms with E-state index in [1.807, 2.05) is 24.3 Å². The molecule has 0 saturated heterocycles. The fourth-order valence-corrected chi connectivity index (χ4v) is 1.96. The van der Waals surface area contributed by atoms with E-state index in [4.69, 9.17) is 5.73 Å². The van der Waals surface area contributed by atoms with Gasteiger partial charge in [0.05, 0.1) is 6.54 Å². The van der Waals surface area contributed by atoms with E-state index in [2.05, 4.69) is 46.6 Å². The molecule has 0 aliphatic heterocycles.